The summed E-state index contributed by atoms with van der Waals surface area (Å²) in [4.78, 5) is 0. The lowest BCUT2D eigenvalue weighted by molar-refractivity contribution is 0.151. The molecule has 0 fully saturated rings. The molecule has 0 aromatic heterocycles. The van der Waals surface area contributed by atoms with Crippen LogP contribution in [0, 0.1) is 5.82 Å². The minimum Gasteiger partial charge on any atom is -0.423 e. The molecule has 0 bridgehead atoms. The van der Waals surface area contributed by atoms with E-state index in [0.29, 0.717) is 0 Å². The van der Waals surface area contributed by atoms with Gasteiger partial charge in [0, 0.05) is 11.0 Å². The van der Waals surface area contributed by atoms with Crippen LogP contribution < -0.4 is 5.46 Å². The molecule has 0 heterocycles. The van der Waals surface area contributed by atoms with Gasteiger partial charge < -0.3 is 10.0 Å². The van der Waals surface area contributed by atoms with E-state index in [1.54, 1.807) is 0 Å². The van der Waals surface area contributed by atoms with E-state index >= 15 is 0 Å². The summed E-state index contributed by atoms with van der Waals surface area (Å²) < 4.78 is 37.6. The molecule has 76 valence electrons. The Labute approximate surface area is 83.1 Å². The van der Waals surface area contributed by atoms with Gasteiger partial charge in [-0.1, -0.05) is 17.7 Å². The highest BCUT2D eigenvalue weighted by atomic mass is 35.5. The summed E-state index contributed by atoms with van der Waals surface area (Å²) in [7, 11) is -2.31. The van der Waals surface area contributed by atoms with Crippen molar-refractivity contribution in [2.45, 2.75) is 6.43 Å². The van der Waals surface area contributed by atoms with Crippen molar-refractivity contribution in [1.29, 1.82) is 0 Å². The molecule has 7 heteroatoms. The van der Waals surface area contributed by atoms with Gasteiger partial charge in [-0.2, -0.15) is 0 Å². The highest BCUT2D eigenvalue weighted by Gasteiger charge is 2.26. The summed E-state index contributed by atoms with van der Waals surface area (Å²) in [6.45, 7) is 0. The summed E-state index contributed by atoms with van der Waals surface area (Å²) in [6, 6.07) is 1.79. The molecule has 0 saturated heterocycles. The third-order valence-corrected chi connectivity index (χ3v) is 1.95. The van der Waals surface area contributed by atoms with Gasteiger partial charge >= 0.3 is 7.12 Å². The maximum atomic E-state index is 13.1. The lowest BCUT2D eigenvalue weighted by Gasteiger charge is -2.09. The van der Waals surface area contributed by atoms with Gasteiger partial charge in [-0.05, 0) is 6.07 Å². The molecule has 0 spiro atoms. The molecule has 0 saturated carbocycles. The zero-order valence-corrected chi connectivity index (χ0v) is 7.47. The first-order valence-electron chi connectivity index (χ1n) is 3.57. The van der Waals surface area contributed by atoms with Crippen molar-refractivity contribution in [2.75, 3.05) is 0 Å². The second-order valence-corrected chi connectivity index (χ2v) is 2.95. The molecule has 1 aromatic rings. The third-order valence-electron chi connectivity index (χ3n) is 1.66. The summed E-state index contributed by atoms with van der Waals surface area (Å²) in [5.74, 6) is -1.24. The highest BCUT2D eigenvalue weighted by molar-refractivity contribution is 6.59. The topological polar surface area (TPSA) is 40.5 Å². The molecular formula is C7H5BClF3O2. The first-order chi connectivity index (χ1) is 6.45. The monoisotopic (exact) mass is 224 g/mol. The van der Waals surface area contributed by atoms with Crippen LogP contribution >= 0.6 is 11.6 Å². The van der Waals surface area contributed by atoms with E-state index in [-0.39, 0.29) is 0 Å². The van der Waals surface area contributed by atoms with Crippen LogP contribution in [0.25, 0.3) is 0 Å². The van der Waals surface area contributed by atoms with Gasteiger partial charge in [0.2, 0.25) is 0 Å². The fourth-order valence-electron chi connectivity index (χ4n) is 1.03. The molecule has 0 radical (unpaired) electrons. The smallest absolute Gasteiger partial charge is 0.423 e. The van der Waals surface area contributed by atoms with Crippen LogP contribution in [-0.2, 0) is 0 Å². The molecule has 0 aliphatic rings. The van der Waals surface area contributed by atoms with Crippen LogP contribution in [-0.4, -0.2) is 17.2 Å². The predicted octanol–water partition coefficient (Wildman–Crippen LogP) is 1.10. The average molecular weight is 224 g/mol. The van der Waals surface area contributed by atoms with E-state index in [2.05, 4.69) is 0 Å². The van der Waals surface area contributed by atoms with Crippen LogP contribution in [0.1, 0.15) is 12.0 Å². The van der Waals surface area contributed by atoms with Gasteiger partial charge in [-0.15, -0.1) is 0 Å². The van der Waals surface area contributed by atoms with E-state index in [0.717, 1.165) is 12.1 Å². The number of hydrogen-bond donors (Lipinski definition) is 2. The Kier molecular flexibility index (Phi) is 3.41. The molecule has 0 atom stereocenters. The summed E-state index contributed by atoms with van der Waals surface area (Å²) in [5.41, 5.74) is -1.66. The minimum absolute atomic E-state index is 0.433. The molecule has 2 N–H and O–H groups in total. The molecule has 0 aliphatic carbocycles. The Morgan fingerprint density at radius 3 is 2.29 bits per heavy atom. The molecule has 0 unspecified atom stereocenters. The number of hydrogen-bond acceptors (Lipinski definition) is 2. The maximum Gasteiger partial charge on any atom is 0.491 e. The van der Waals surface area contributed by atoms with Crippen LogP contribution in [0.5, 0.6) is 0 Å². The summed E-state index contributed by atoms with van der Waals surface area (Å²) in [6.07, 6.45) is -2.99. The molecule has 1 rings (SSSR count). The van der Waals surface area contributed by atoms with E-state index < -0.39 is 35.4 Å². The van der Waals surface area contributed by atoms with Crippen LogP contribution in [0.2, 0.25) is 5.02 Å². The SMILES string of the molecule is OB(O)c1c(C(F)F)ccc(Cl)c1F. The van der Waals surface area contributed by atoms with Crippen molar-refractivity contribution in [1.82, 2.24) is 0 Å². The molecule has 14 heavy (non-hydrogen) atoms. The molecular weight excluding hydrogens is 219 g/mol. The summed E-state index contributed by atoms with van der Waals surface area (Å²) >= 11 is 5.29. The Morgan fingerprint density at radius 1 is 1.29 bits per heavy atom. The van der Waals surface area contributed by atoms with Crippen LogP contribution in [0.4, 0.5) is 13.2 Å². The second kappa shape index (κ2) is 4.21. The lowest BCUT2D eigenvalue weighted by atomic mass is 9.76. The van der Waals surface area contributed by atoms with E-state index in [4.69, 9.17) is 21.6 Å². The van der Waals surface area contributed by atoms with Gasteiger partial charge in [-0.25, -0.2) is 13.2 Å². The standard InChI is InChI=1S/C7H5BClF3O2/c9-4-2-1-3(7(11)12)5(6(4)10)8(13)14/h1-2,7,13-14H. The van der Waals surface area contributed by atoms with E-state index in [9.17, 15) is 13.2 Å². The van der Waals surface area contributed by atoms with Gasteiger partial charge in [0.25, 0.3) is 6.43 Å². The Morgan fingerprint density at radius 2 is 1.86 bits per heavy atom. The van der Waals surface area contributed by atoms with E-state index in [1.165, 1.54) is 0 Å². The molecule has 0 amide bonds. The van der Waals surface area contributed by atoms with Gasteiger partial charge in [-0.3, -0.25) is 0 Å². The van der Waals surface area contributed by atoms with Crippen LogP contribution in [0.3, 0.4) is 0 Å². The number of halogens is 4. The quantitative estimate of drug-likeness (QED) is 0.739. The number of benzene rings is 1. The van der Waals surface area contributed by atoms with Crippen molar-refractivity contribution in [3.05, 3.63) is 28.5 Å². The Balaban J connectivity index is 3.38. The van der Waals surface area contributed by atoms with Crippen LogP contribution in [0.15, 0.2) is 12.1 Å². The molecule has 0 aliphatic heterocycles. The van der Waals surface area contributed by atoms with Crippen molar-refractivity contribution in [3.8, 4) is 0 Å². The van der Waals surface area contributed by atoms with Gasteiger partial charge in [0.15, 0.2) is 0 Å². The lowest BCUT2D eigenvalue weighted by Crippen LogP contribution is -2.36. The average Bonchev–Trinajstić information content (AvgIpc) is 2.08. The fraction of sp³-hybridized carbons (Fsp3) is 0.143. The summed E-state index contributed by atoms with van der Waals surface area (Å²) in [5, 5.41) is 16.9. The Hall–Kier alpha value is -0.715. The normalized spacial score (nSPS) is 10.8. The molecule has 2 nitrogen and oxygen atoms in total. The number of rotatable bonds is 2. The van der Waals surface area contributed by atoms with Gasteiger partial charge in [0.1, 0.15) is 5.82 Å². The maximum absolute atomic E-state index is 13.1. The minimum atomic E-state index is -2.99. The second-order valence-electron chi connectivity index (χ2n) is 2.54. The molecule has 1 aromatic carbocycles. The first kappa shape index (κ1) is 11.4. The van der Waals surface area contributed by atoms with Crippen molar-refractivity contribution < 1.29 is 23.2 Å². The number of alkyl halides is 2. The van der Waals surface area contributed by atoms with Gasteiger partial charge in [0.05, 0.1) is 5.02 Å². The first-order valence-corrected chi connectivity index (χ1v) is 3.95. The fourth-order valence-corrected chi connectivity index (χ4v) is 1.20. The van der Waals surface area contributed by atoms with Crippen molar-refractivity contribution >= 4 is 24.2 Å². The van der Waals surface area contributed by atoms with Crippen molar-refractivity contribution in [3.63, 3.8) is 0 Å². The third kappa shape index (κ3) is 2.02. The zero-order chi connectivity index (χ0) is 10.9. The largest absolute Gasteiger partial charge is 0.491 e. The van der Waals surface area contributed by atoms with E-state index in [1.807, 2.05) is 0 Å². The van der Waals surface area contributed by atoms with Crippen molar-refractivity contribution in [2.24, 2.45) is 0 Å². The Bertz CT molecular complexity index is 346. The highest BCUT2D eigenvalue weighted by Crippen LogP contribution is 2.21. The zero-order valence-electron chi connectivity index (χ0n) is 6.72. The predicted molar refractivity (Wildman–Crippen MR) is 46.2 cm³/mol.